The molecule has 1 aromatic rings. The summed E-state index contributed by atoms with van der Waals surface area (Å²) >= 11 is 0. The van der Waals surface area contributed by atoms with E-state index in [1.807, 2.05) is 12.3 Å². The fraction of sp³-hybridized carbons (Fsp3) is 0.583. The van der Waals surface area contributed by atoms with Crippen LogP contribution in [0.4, 0.5) is 0 Å². The Hall–Kier alpha value is -1.33. The molecule has 0 unspecified atom stereocenters. The average Bonchev–Trinajstić information content (AvgIpc) is 2.40. The molecule has 17 heavy (non-hydrogen) atoms. The second kappa shape index (κ2) is 5.84. The molecule has 5 heteroatoms. The summed E-state index contributed by atoms with van der Waals surface area (Å²) in [5, 5.41) is 3.34. The quantitative estimate of drug-likeness (QED) is 0.826. The summed E-state index contributed by atoms with van der Waals surface area (Å²) in [7, 11) is 3.29. The van der Waals surface area contributed by atoms with E-state index in [-0.39, 0.29) is 0 Å². The van der Waals surface area contributed by atoms with Gasteiger partial charge in [0.2, 0.25) is 5.88 Å². The maximum Gasteiger partial charge on any atom is 0.216 e. The van der Waals surface area contributed by atoms with Crippen LogP contribution in [0.15, 0.2) is 12.3 Å². The minimum absolute atomic E-state index is 0.589. The van der Waals surface area contributed by atoms with Crippen molar-refractivity contribution in [2.24, 2.45) is 0 Å². The van der Waals surface area contributed by atoms with E-state index in [9.17, 15) is 0 Å². The Labute approximate surface area is 102 Å². The van der Waals surface area contributed by atoms with Gasteiger partial charge in [-0.2, -0.15) is 0 Å². The third-order valence-electron chi connectivity index (χ3n) is 2.95. The van der Waals surface area contributed by atoms with Crippen LogP contribution in [0.1, 0.15) is 5.56 Å². The van der Waals surface area contributed by atoms with Gasteiger partial charge in [0.05, 0.1) is 14.2 Å². The van der Waals surface area contributed by atoms with Gasteiger partial charge in [0.15, 0.2) is 0 Å². The molecule has 1 saturated heterocycles. The number of aromatic nitrogens is 1. The third-order valence-corrected chi connectivity index (χ3v) is 2.95. The van der Waals surface area contributed by atoms with E-state index in [1.54, 1.807) is 14.2 Å². The summed E-state index contributed by atoms with van der Waals surface area (Å²) in [5.41, 5.74) is 1.11. The molecule has 1 aliphatic rings. The van der Waals surface area contributed by atoms with Gasteiger partial charge in [-0.3, -0.25) is 4.90 Å². The molecule has 1 fully saturated rings. The van der Waals surface area contributed by atoms with Crippen molar-refractivity contribution in [2.75, 3.05) is 40.4 Å². The summed E-state index contributed by atoms with van der Waals surface area (Å²) in [4.78, 5) is 6.62. The summed E-state index contributed by atoms with van der Waals surface area (Å²) in [5.74, 6) is 1.43. The van der Waals surface area contributed by atoms with E-state index >= 15 is 0 Å². The minimum Gasteiger partial charge on any atom is -0.496 e. The lowest BCUT2D eigenvalue weighted by Crippen LogP contribution is -2.42. The first-order chi connectivity index (χ1) is 8.33. The van der Waals surface area contributed by atoms with E-state index in [1.165, 1.54) is 0 Å². The molecule has 0 spiro atoms. The summed E-state index contributed by atoms with van der Waals surface area (Å²) in [6.07, 6.45) is 1.83. The Morgan fingerprint density at radius 1 is 1.29 bits per heavy atom. The van der Waals surface area contributed by atoms with Crippen LogP contribution >= 0.6 is 0 Å². The van der Waals surface area contributed by atoms with Crippen LogP contribution in [0.3, 0.4) is 0 Å². The van der Waals surface area contributed by atoms with Gasteiger partial charge in [0.25, 0.3) is 0 Å². The van der Waals surface area contributed by atoms with Gasteiger partial charge in [0, 0.05) is 50.6 Å². The van der Waals surface area contributed by atoms with Crippen LogP contribution in [0, 0.1) is 0 Å². The topological polar surface area (TPSA) is 46.6 Å². The number of piperazine rings is 1. The van der Waals surface area contributed by atoms with Crippen LogP contribution in [0.5, 0.6) is 11.6 Å². The zero-order valence-electron chi connectivity index (χ0n) is 10.4. The fourth-order valence-electron chi connectivity index (χ4n) is 1.98. The molecule has 5 nitrogen and oxygen atoms in total. The number of nitrogens with one attached hydrogen (secondary N) is 1. The molecule has 0 bridgehead atoms. The molecule has 0 amide bonds. The molecule has 2 rings (SSSR count). The molecular formula is C12H19N3O2. The fourth-order valence-corrected chi connectivity index (χ4v) is 1.98. The highest BCUT2D eigenvalue weighted by Crippen LogP contribution is 2.23. The number of hydrogen-bond donors (Lipinski definition) is 1. The van der Waals surface area contributed by atoms with Gasteiger partial charge in [-0.05, 0) is 0 Å². The molecule has 1 aliphatic heterocycles. The second-order valence-corrected chi connectivity index (χ2v) is 4.06. The monoisotopic (exact) mass is 237 g/mol. The van der Waals surface area contributed by atoms with Crippen LogP contribution in [0.2, 0.25) is 0 Å². The third kappa shape index (κ3) is 3.08. The number of pyridine rings is 1. The molecule has 0 aliphatic carbocycles. The van der Waals surface area contributed by atoms with E-state index in [2.05, 4.69) is 15.2 Å². The van der Waals surface area contributed by atoms with Crippen LogP contribution in [-0.4, -0.2) is 50.3 Å². The minimum atomic E-state index is 0.589. The van der Waals surface area contributed by atoms with Gasteiger partial charge in [0.1, 0.15) is 5.75 Å². The van der Waals surface area contributed by atoms with Crippen molar-refractivity contribution >= 4 is 0 Å². The first kappa shape index (κ1) is 12.1. The summed E-state index contributed by atoms with van der Waals surface area (Å²) in [6, 6.07) is 1.83. The maximum absolute atomic E-state index is 5.37. The van der Waals surface area contributed by atoms with Gasteiger partial charge < -0.3 is 14.8 Å². The molecule has 0 aromatic carbocycles. The number of ether oxygens (including phenoxy) is 2. The van der Waals surface area contributed by atoms with Gasteiger partial charge >= 0.3 is 0 Å². The highest BCUT2D eigenvalue weighted by atomic mass is 16.5. The maximum atomic E-state index is 5.37. The predicted molar refractivity (Wildman–Crippen MR) is 65.5 cm³/mol. The van der Waals surface area contributed by atoms with Crippen molar-refractivity contribution in [1.82, 2.24) is 15.2 Å². The molecular weight excluding hydrogens is 218 g/mol. The normalized spacial score (nSPS) is 16.8. The van der Waals surface area contributed by atoms with Gasteiger partial charge in [-0.15, -0.1) is 0 Å². The van der Waals surface area contributed by atoms with E-state index in [4.69, 9.17) is 9.47 Å². The number of nitrogens with zero attached hydrogens (tertiary/aromatic N) is 2. The molecule has 0 atom stereocenters. The molecule has 0 saturated carbocycles. The van der Waals surface area contributed by atoms with Crippen molar-refractivity contribution in [2.45, 2.75) is 6.54 Å². The van der Waals surface area contributed by atoms with Crippen LogP contribution < -0.4 is 14.8 Å². The first-order valence-electron chi connectivity index (χ1n) is 5.83. The van der Waals surface area contributed by atoms with Crippen LogP contribution in [0.25, 0.3) is 0 Å². The number of rotatable bonds is 4. The number of hydrogen-bond acceptors (Lipinski definition) is 5. The highest BCUT2D eigenvalue weighted by Gasteiger charge is 2.13. The lowest BCUT2D eigenvalue weighted by molar-refractivity contribution is 0.229. The van der Waals surface area contributed by atoms with Crippen molar-refractivity contribution in [1.29, 1.82) is 0 Å². The number of methoxy groups -OCH3 is 2. The van der Waals surface area contributed by atoms with Gasteiger partial charge in [-0.1, -0.05) is 0 Å². The lowest BCUT2D eigenvalue weighted by atomic mass is 10.2. The van der Waals surface area contributed by atoms with E-state index < -0.39 is 0 Å². The zero-order chi connectivity index (χ0) is 12.1. The molecule has 2 heterocycles. The Morgan fingerprint density at radius 3 is 2.71 bits per heavy atom. The van der Waals surface area contributed by atoms with E-state index in [0.717, 1.165) is 44.0 Å². The Bertz CT molecular complexity index is 365. The standard InChI is InChI=1S/C12H19N3O2/c1-16-11-7-12(17-2)14-8-10(11)9-15-5-3-13-4-6-15/h7-8,13H,3-6,9H2,1-2H3. The zero-order valence-corrected chi connectivity index (χ0v) is 10.4. The first-order valence-corrected chi connectivity index (χ1v) is 5.83. The summed E-state index contributed by atoms with van der Waals surface area (Å²) in [6.45, 7) is 5.10. The van der Waals surface area contributed by atoms with Crippen molar-refractivity contribution in [3.63, 3.8) is 0 Å². The largest absolute Gasteiger partial charge is 0.496 e. The molecule has 94 valence electrons. The Balaban J connectivity index is 2.08. The van der Waals surface area contributed by atoms with Crippen molar-refractivity contribution < 1.29 is 9.47 Å². The SMILES string of the molecule is COc1cc(OC)c(CN2CCNCC2)cn1. The second-order valence-electron chi connectivity index (χ2n) is 4.06. The lowest BCUT2D eigenvalue weighted by Gasteiger charge is -2.27. The molecule has 1 aromatic heterocycles. The summed E-state index contributed by atoms with van der Waals surface area (Å²) < 4.78 is 10.5. The molecule has 1 N–H and O–H groups in total. The van der Waals surface area contributed by atoms with Crippen molar-refractivity contribution in [3.05, 3.63) is 17.8 Å². The van der Waals surface area contributed by atoms with E-state index in [0.29, 0.717) is 5.88 Å². The predicted octanol–water partition coefficient (Wildman–Crippen LogP) is 0.504. The van der Waals surface area contributed by atoms with Crippen molar-refractivity contribution in [3.8, 4) is 11.6 Å². The van der Waals surface area contributed by atoms with Gasteiger partial charge in [-0.25, -0.2) is 4.98 Å². The van der Waals surface area contributed by atoms with Crippen LogP contribution in [-0.2, 0) is 6.54 Å². The Morgan fingerprint density at radius 2 is 2.06 bits per heavy atom. The highest BCUT2D eigenvalue weighted by molar-refractivity contribution is 5.35. The smallest absolute Gasteiger partial charge is 0.216 e. The average molecular weight is 237 g/mol. The molecule has 0 radical (unpaired) electrons. The Kier molecular flexibility index (Phi) is 4.17.